The van der Waals surface area contributed by atoms with Crippen LogP contribution >= 0.6 is 24.0 Å². The highest BCUT2D eigenvalue weighted by Gasteiger charge is 2.31. The molecule has 0 aromatic heterocycles. The number of ether oxygens (including phenoxy) is 1. The monoisotopic (exact) mass is 562 g/mol. The molecule has 3 atom stereocenters. The van der Waals surface area contributed by atoms with E-state index in [1.54, 1.807) is 7.05 Å². The number of guanidine groups is 1. The Morgan fingerprint density at radius 2 is 1.76 bits per heavy atom. The lowest BCUT2D eigenvalue weighted by Gasteiger charge is -2.21. The quantitative estimate of drug-likeness (QED) is 0.293. The number of likely N-dealkylation sites (tertiary alicyclic amines) is 1. The third kappa shape index (κ3) is 7.17. The lowest BCUT2D eigenvalue weighted by atomic mass is 9.95. The van der Waals surface area contributed by atoms with E-state index in [1.165, 1.54) is 11.1 Å². The molecular weight excluding hydrogens is 527 g/mol. The highest BCUT2D eigenvalue weighted by molar-refractivity contribution is 14.0. The summed E-state index contributed by atoms with van der Waals surface area (Å²) in [5.41, 5.74) is 2.51. The largest absolute Gasteiger partial charge is 0.373 e. The lowest BCUT2D eigenvalue weighted by molar-refractivity contribution is -0.127. The van der Waals surface area contributed by atoms with E-state index in [0.717, 1.165) is 51.6 Å². The Kier molecular flexibility index (Phi) is 9.99. The molecule has 7 heteroatoms. The second kappa shape index (κ2) is 12.9. The number of carbonyl (C=O) groups excluding carboxylic acids is 1. The van der Waals surface area contributed by atoms with Gasteiger partial charge in [0.15, 0.2) is 5.96 Å². The van der Waals surface area contributed by atoms with Crippen molar-refractivity contribution in [1.82, 2.24) is 15.5 Å². The maximum atomic E-state index is 12.4. The molecule has 0 saturated carbocycles. The van der Waals surface area contributed by atoms with Crippen molar-refractivity contribution in [2.24, 2.45) is 16.8 Å². The molecule has 0 radical (unpaired) electrons. The predicted octanol–water partition coefficient (Wildman–Crippen LogP) is 3.64. The van der Waals surface area contributed by atoms with Gasteiger partial charge in [-0.3, -0.25) is 9.79 Å². The average molecular weight is 562 g/mol. The van der Waals surface area contributed by atoms with Crippen LogP contribution in [0.2, 0.25) is 0 Å². The number of carbonyl (C=O) groups is 1. The fraction of sp³-hybridized carbons (Fsp3) is 0.462. The third-order valence-corrected chi connectivity index (χ3v) is 6.46. The molecule has 178 valence electrons. The molecule has 33 heavy (non-hydrogen) atoms. The number of amides is 1. The van der Waals surface area contributed by atoms with E-state index in [9.17, 15) is 4.79 Å². The van der Waals surface area contributed by atoms with Crippen molar-refractivity contribution in [1.29, 1.82) is 0 Å². The van der Waals surface area contributed by atoms with E-state index in [1.807, 2.05) is 29.2 Å². The van der Waals surface area contributed by atoms with Gasteiger partial charge in [-0.15, -0.1) is 24.0 Å². The molecule has 0 bridgehead atoms. The first kappa shape index (κ1) is 25.5. The Morgan fingerprint density at radius 3 is 2.48 bits per heavy atom. The summed E-state index contributed by atoms with van der Waals surface area (Å²) in [6, 6.07) is 20.8. The van der Waals surface area contributed by atoms with Gasteiger partial charge >= 0.3 is 0 Å². The Labute approximate surface area is 214 Å². The fourth-order valence-corrected chi connectivity index (χ4v) is 4.66. The number of hydrogen-bond acceptors (Lipinski definition) is 3. The van der Waals surface area contributed by atoms with Gasteiger partial charge in [0.2, 0.25) is 5.91 Å². The summed E-state index contributed by atoms with van der Waals surface area (Å²) in [5.74, 6) is 1.77. The van der Waals surface area contributed by atoms with Crippen LogP contribution in [0.3, 0.4) is 0 Å². The van der Waals surface area contributed by atoms with Crippen LogP contribution in [0.5, 0.6) is 0 Å². The van der Waals surface area contributed by atoms with Crippen molar-refractivity contribution in [3.63, 3.8) is 0 Å². The molecule has 2 heterocycles. The summed E-state index contributed by atoms with van der Waals surface area (Å²) >= 11 is 0. The van der Waals surface area contributed by atoms with Gasteiger partial charge in [-0.2, -0.15) is 0 Å². The highest BCUT2D eigenvalue weighted by Crippen LogP contribution is 2.33. The van der Waals surface area contributed by atoms with Crippen molar-refractivity contribution in [3.8, 4) is 0 Å². The topological polar surface area (TPSA) is 66.0 Å². The zero-order chi connectivity index (χ0) is 22.2. The summed E-state index contributed by atoms with van der Waals surface area (Å²) in [5, 5.41) is 6.89. The van der Waals surface area contributed by atoms with Gasteiger partial charge in [-0.1, -0.05) is 60.7 Å². The first-order chi connectivity index (χ1) is 15.7. The first-order valence-corrected chi connectivity index (χ1v) is 11.7. The second-order valence-electron chi connectivity index (χ2n) is 8.73. The smallest absolute Gasteiger partial charge is 0.223 e. The van der Waals surface area contributed by atoms with Crippen LogP contribution in [-0.2, 0) is 16.0 Å². The molecule has 3 unspecified atom stereocenters. The van der Waals surface area contributed by atoms with E-state index in [0.29, 0.717) is 18.3 Å². The van der Waals surface area contributed by atoms with E-state index in [4.69, 9.17) is 4.74 Å². The Balaban J connectivity index is 0.00000306. The normalized spacial score (nSPS) is 22.8. The number of hydrogen-bond donors (Lipinski definition) is 2. The molecule has 4 rings (SSSR count). The molecule has 2 aliphatic heterocycles. The Morgan fingerprint density at radius 1 is 1.06 bits per heavy atom. The molecule has 1 amide bonds. The van der Waals surface area contributed by atoms with Crippen molar-refractivity contribution in [2.45, 2.75) is 25.4 Å². The zero-order valence-corrected chi connectivity index (χ0v) is 21.6. The fourth-order valence-electron chi connectivity index (χ4n) is 4.66. The van der Waals surface area contributed by atoms with Crippen molar-refractivity contribution in [3.05, 3.63) is 71.8 Å². The summed E-state index contributed by atoms with van der Waals surface area (Å²) in [4.78, 5) is 18.8. The van der Waals surface area contributed by atoms with Gasteiger partial charge in [0.1, 0.15) is 0 Å². The van der Waals surface area contributed by atoms with Crippen LogP contribution in [-0.4, -0.2) is 56.6 Å². The molecule has 0 aliphatic carbocycles. The van der Waals surface area contributed by atoms with Gasteiger partial charge in [-0.25, -0.2) is 0 Å². The van der Waals surface area contributed by atoms with Gasteiger partial charge in [0.05, 0.1) is 6.10 Å². The van der Waals surface area contributed by atoms with Gasteiger partial charge in [-0.05, 0) is 24.0 Å². The van der Waals surface area contributed by atoms with E-state index in [-0.39, 0.29) is 36.0 Å². The second-order valence-corrected chi connectivity index (χ2v) is 8.73. The SMILES string of the molecule is CN=C(NCC1CC(=O)N(CCc2ccccc2)C1)NCC1CCOC1c1ccccc1.I. The average Bonchev–Trinajstić information content (AvgIpc) is 3.45. The Bertz CT molecular complexity index is 894. The van der Waals surface area contributed by atoms with Crippen LogP contribution in [0.1, 0.15) is 30.1 Å². The van der Waals surface area contributed by atoms with Crippen LogP contribution in [0.4, 0.5) is 0 Å². The third-order valence-electron chi connectivity index (χ3n) is 6.46. The maximum Gasteiger partial charge on any atom is 0.223 e. The van der Waals surface area contributed by atoms with Gasteiger partial charge in [0.25, 0.3) is 0 Å². The number of nitrogens with one attached hydrogen (secondary N) is 2. The minimum absolute atomic E-state index is 0. The molecule has 2 aromatic carbocycles. The minimum Gasteiger partial charge on any atom is -0.373 e. The molecule has 2 N–H and O–H groups in total. The first-order valence-electron chi connectivity index (χ1n) is 11.7. The van der Waals surface area contributed by atoms with Crippen molar-refractivity contribution in [2.75, 3.05) is 39.8 Å². The van der Waals surface area contributed by atoms with E-state index < -0.39 is 0 Å². The molecule has 6 nitrogen and oxygen atoms in total. The molecular formula is C26H35IN4O2. The highest BCUT2D eigenvalue weighted by atomic mass is 127. The summed E-state index contributed by atoms with van der Waals surface area (Å²) in [6.07, 6.45) is 2.68. The molecule has 2 fully saturated rings. The summed E-state index contributed by atoms with van der Waals surface area (Å²) < 4.78 is 5.99. The van der Waals surface area contributed by atoms with E-state index >= 15 is 0 Å². The van der Waals surface area contributed by atoms with Gasteiger partial charge in [0, 0.05) is 58.1 Å². The molecule has 2 aliphatic rings. The van der Waals surface area contributed by atoms with E-state index in [2.05, 4.69) is 52.0 Å². The zero-order valence-electron chi connectivity index (χ0n) is 19.3. The van der Waals surface area contributed by atoms with Crippen LogP contribution in [0.15, 0.2) is 65.7 Å². The number of benzene rings is 2. The number of halogens is 1. The Hall–Kier alpha value is -2.13. The van der Waals surface area contributed by atoms with Crippen LogP contribution in [0.25, 0.3) is 0 Å². The van der Waals surface area contributed by atoms with Crippen molar-refractivity contribution >= 4 is 35.8 Å². The van der Waals surface area contributed by atoms with Gasteiger partial charge < -0.3 is 20.3 Å². The number of nitrogens with zero attached hydrogens (tertiary/aromatic N) is 2. The van der Waals surface area contributed by atoms with Crippen LogP contribution < -0.4 is 10.6 Å². The number of aliphatic imine (C=N–C) groups is 1. The molecule has 0 spiro atoms. The molecule has 2 saturated heterocycles. The number of rotatable bonds is 8. The van der Waals surface area contributed by atoms with Crippen LogP contribution in [0, 0.1) is 11.8 Å². The summed E-state index contributed by atoms with van der Waals surface area (Å²) in [6.45, 7) is 3.95. The maximum absolute atomic E-state index is 12.4. The molecule has 2 aromatic rings. The van der Waals surface area contributed by atoms with Crippen molar-refractivity contribution < 1.29 is 9.53 Å². The minimum atomic E-state index is 0. The predicted molar refractivity (Wildman–Crippen MR) is 143 cm³/mol. The lowest BCUT2D eigenvalue weighted by Crippen LogP contribution is -2.42. The summed E-state index contributed by atoms with van der Waals surface area (Å²) in [7, 11) is 1.79. The standard InChI is InChI=1S/C26H34N4O2.HI/c1-27-26(29-18-23-13-15-32-25(23)22-10-6-3-7-11-22)28-17-21-16-24(31)30(19-21)14-12-20-8-4-2-5-9-20;/h2-11,21,23,25H,12-19H2,1H3,(H2,27,28,29);1H.